The molecule has 3 nitrogen and oxygen atoms in total. The van der Waals surface area contributed by atoms with Gasteiger partial charge in [0.15, 0.2) is 5.96 Å². The zero-order chi connectivity index (χ0) is 13.4. The number of halogens is 1. The summed E-state index contributed by atoms with van der Waals surface area (Å²) in [6.45, 7) is 7.63. The van der Waals surface area contributed by atoms with Crippen LogP contribution in [0.4, 0.5) is 4.39 Å². The smallest absolute Gasteiger partial charge is 0.194 e. The Morgan fingerprint density at radius 2 is 2.33 bits per heavy atom. The molecule has 0 amide bonds. The molecule has 0 aromatic heterocycles. The third kappa shape index (κ3) is 4.57. The Bertz CT molecular complexity index is 415. The molecule has 98 valence electrons. The quantitative estimate of drug-likeness (QED) is 0.493. The molecule has 1 N–H and O–H groups in total. The Kier molecular flexibility index (Phi) is 5.91. The maximum atomic E-state index is 13.1. The van der Waals surface area contributed by atoms with Crippen LogP contribution in [-0.4, -0.2) is 31.0 Å². The Hall–Kier alpha value is -1.84. The second-order valence-corrected chi connectivity index (χ2v) is 3.97. The minimum Gasteiger partial charge on any atom is -0.357 e. The molecule has 0 aliphatic heterocycles. The summed E-state index contributed by atoms with van der Waals surface area (Å²) in [4.78, 5) is 6.33. The Morgan fingerprint density at radius 3 is 2.94 bits per heavy atom. The molecular formula is C14H20FN3. The van der Waals surface area contributed by atoms with Gasteiger partial charge in [0.05, 0.1) is 6.54 Å². The monoisotopic (exact) mass is 249 g/mol. The summed E-state index contributed by atoms with van der Waals surface area (Å²) in [5.74, 6) is 0.579. The minimum absolute atomic E-state index is 0.214. The highest BCUT2D eigenvalue weighted by molar-refractivity contribution is 5.79. The normalized spacial score (nSPS) is 11.2. The number of nitrogens with zero attached hydrogens (tertiary/aromatic N) is 2. The summed E-state index contributed by atoms with van der Waals surface area (Å²) in [5.41, 5.74) is 0.918. The van der Waals surface area contributed by atoms with Crippen molar-refractivity contribution in [2.24, 2.45) is 4.99 Å². The molecule has 0 spiro atoms. The second-order valence-electron chi connectivity index (χ2n) is 3.97. The molecule has 0 radical (unpaired) electrons. The van der Waals surface area contributed by atoms with Crippen LogP contribution in [0.25, 0.3) is 0 Å². The molecule has 0 saturated carbocycles. The van der Waals surface area contributed by atoms with Gasteiger partial charge in [-0.3, -0.25) is 0 Å². The molecule has 0 fully saturated rings. The topological polar surface area (TPSA) is 27.6 Å². The van der Waals surface area contributed by atoms with Crippen molar-refractivity contribution in [1.82, 2.24) is 10.2 Å². The maximum absolute atomic E-state index is 13.1. The number of nitrogens with one attached hydrogen (secondary N) is 1. The van der Waals surface area contributed by atoms with Gasteiger partial charge in [0.1, 0.15) is 5.82 Å². The van der Waals surface area contributed by atoms with E-state index < -0.39 is 0 Å². The van der Waals surface area contributed by atoms with E-state index in [4.69, 9.17) is 0 Å². The summed E-state index contributed by atoms with van der Waals surface area (Å²) in [6, 6.07) is 6.59. The highest BCUT2D eigenvalue weighted by Gasteiger charge is 2.06. The first-order valence-electron chi connectivity index (χ1n) is 6.02. The van der Waals surface area contributed by atoms with Gasteiger partial charge in [0.2, 0.25) is 0 Å². The molecule has 0 atom stereocenters. The van der Waals surface area contributed by atoms with Crippen molar-refractivity contribution >= 4 is 5.96 Å². The summed E-state index contributed by atoms with van der Waals surface area (Å²) in [5, 5.41) is 3.19. The average molecular weight is 249 g/mol. The molecular weight excluding hydrogens is 229 g/mol. The fourth-order valence-corrected chi connectivity index (χ4v) is 1.60. The van der Waals surface area contributed by atoms with E-state index in [2.05, 4.69) is 16.9 Å². The predicted octanol–water partition coefficient (Wildman–Crippen LogP) is 2.41. The summed E-state index contributed by atoms with van der Waals surface area (Å²) < 4.78 is 13.1. The predicted molar refractivity (Wildman–Crippen MR) is 74.0 cm³/mol. The molecule has 0 bridgehead atoms. The van der Waals surface area contributed by atoms with E-state index >= 15 is 0 Å². The number of benzene rings is 1. The molecule has 18 heavy (non-hydrogen) atoms. The van der Waals surface area contributed by atoms with Crippen molar-refractivity contribution < 1.29 is 4.39 Å². The van der Waals surface area contributed by atoms with Crippen molar-refractivity contribution in [2.45, 2.75) is 13.5 Å². The van der Waals surface area contributed by atoms with Gasteiger partial charge >= 0.3 is 0 Å². The molecule has 1 rings (SSSR count). The highest BCUT2D eigenvalue weighted by atomic mass is 19.1. The Balaban J connectivity index is 2.71. The van der Waals surface area contributed by atoms with Crippen LogP contribution >= 0.6 is 0 Å². The molecule has 1 aromatic rings. The first kappa shape index (κ1) is 14.2. The van der Waals surface area contributed by atoms with Crippen LogP contribution in [0.15, 0.2) is 41.9 Å². The standard InChI is InChI=1S/C14H20FN3/c1-4-9-17-14(16-5-2)18(3)11-12-7-6-8-13(15)10-12/h4,6-8,10H,1,5,9,11H2,2-3H3,(H,16,17). The molecule has 0 aliphatic carbocycles. The van der Waals surface area contributed by atoms with Crippen LogP contribution in [0.2, 0.25) is 0 Å². The Labute approximate surface area is 108 Å². The van der Waals surface area contributed by atoms with E-state index in [9.17, 15) is 4.39 Å². The maximum Gasteiger partial charge on any atom is 0.194 e. The van der Waals surface area contributed by atoms with Crippen LogP contribution in [0.5, 0.6) is 0 Å². The van der Waals surface area contributed by atoms with Gasteiger partial charge in [-0.15, -0.1) is 6.58 Å². The Morgan fingerprint density at radius 1 is 1.56 bits per heavy atom. The van der Waals surface area contributed by atoms with Crippen LogP contribution in [0.1, 0.15) is 12.5 Å². The lowest BCUT2D eigenvalue weighted by Crippen LogP contribution is -2.38. The third-order valence-corrected chi connectivity index (χ3v) is 2.38. The van der Waals surface area contributed by atoms with Crippen molar-refractivity contribution in [1.29, 1.82) is 0 Å². The van der Waals surface area contributed by atoms with Gasteiger partial charge < -0.3 is 10.2 Å². The molecule has 0 aliphatic rings. The minimum atomic E-state index is -0.214. The fourth-order valence-electron chi connectivity index (χ4n) is 1.60. The molecule has 1 aromatic carbocycles. The van der Waals surface area contributed by atoms with Gasteiger partial charge in [0.25, 0.3) is 0 Å². The summed E-state index contributed by atoms with van der Waals surface area (Å²) >= 11 is 0. The van der Waals surface area contributed by atoms with E-state index in [1.807, 2.05) is 24.9 Å². The van der Waals surface area contributed by atoms with Crippen LogP contribution in [-0.2, 0) is 6.54 Å². The van der Waals surface area contributed by atoms with Gasteiger partial charge in [-0.05, 0) is 24.6 Å². The van der Waals surface area contributed by atoms with Crippen molar-refractivity contribution in [3.05, 3.63) is 48.3 Å². The molecule has 0 unspecified atom stereocenters. The van der Waals surface area contributed by atoms with Crippen LogP contribution in [0, 0.1) is 5.82 Å². The number of aliphatic imine (C=N–C) groups is 1. The van der Waals surface area contributed by atoms with E-state index in [-0.39, 0.29) is 5.82 Å². The van der Waals surface area contributed by atoms with Crippen molar-refractivity contribution in [3.8, 4) is 0 Å². The van der Waals surface area contributed by atoms with Crippen molar-refractivity contribution in [2.75, 3.05) is 20.1 Å². The number of hydrogen-bond acceptors (Lipinski definition) is 1. The van der Waals surface area contributed by atoms with E-state index in [1.165, 1.54) is 12.1 Å². The second kappa shape index (κ2) is 7.48. The van der Waals surface area contributed by atoms with Crippen LogP contribution < -0.4 is 5.32 Å². The number of rotatable bonds is 5. The summed E-state index contributed by atoms with van der Waals surface area (Å²) in [6.07, 6.45) is 1.74. The number of hydrogen-bond donors (Lipinski definition) is 1. The molecule has 4 heteroatoms. The van der Waals surface area contributed by atoms with Gasteiger partial charge in [-0.1, -0.05) is 18.2 Å². The van der Waals surface area contributed by atoms with Gasteiger partial charge in [-0.2, -0.15) is 0 Å². The SMILES string of the molecule is C=CCN=C(NCC)N(C)Cc1cccc(F)c1. The zero-order valence-corrected chi connectivity index (χ0v) is 11.0. The molecule has 0 saturated heterocycles. The van der Waals surface area contributed by atoms with Gasteiger partial charge in [0, 0.05) is 20.1 Å². The van der Waals surface area contributed by atoms with Crippen molar-refractivity contribution in [3.63, 3.8) is 0 Å². The average Bonchev–Trinajstić information content (AvgIpc) is 2.34. The summed E-state index contributed by atoms with van der Waals surface area (Å²) in [7, 11) is 1.93. The highest BCUT2D eigenvalue weighted by Crippen LogP contribution is 2.06. The van der Waals surface area contributed by atoms with E-state index in [1.54, 1.807) is 12.1 Å². The van der Waals surface area contributed by atoms with Crippen LogP contribution in [0.3, 0.4) is 0 Å². The zero-order valence-electron chi connectivity index (χ0n) is 11.0. The van der Waals surface area contributed by atoms with Gasteiger partial charge in [-0.25, -0.2) is 9.38 Å². The fraction of sp³-hybridized carbons (Fsp3) is 0.357. The third-order valence-electron chi connectivity index (χ3n) is 2.38. The first-order chi connectivity index (χ1) is 8.67. The largest absolute Gasteiger partial charge is 0.357 e. The lowest BCUT2D eigenvalue weighted by Gasteiger charge is -2.22. The first-order valence-corrected chi connectivity index (χ1v) is 6.02. The lowest BCUT2D eigenvalue weighted by atomic mass is 10.2. The molecule has 0 heterocycles. The van der Waals surface area contributed by atoms with E-state index in [0.29, 0.717) is 13.1 Å². The number of guanidine groups is 1. The lowest BCUT2D eigenvalue weighted by molar-refractivity contribution is 0.476. The van der Waals surface area contributed by atoms with E-state index in [0.717, 1.165) is 18.1 Å².